The Morgan fingerprint density at radius 3 is 2.48 bits per heavy atom. The second kappa shape index (κ2) is 7.14. The molecule has 3 nitrogen and oxygen atoms in total. The monoisotopic (exact) mass is 285 g/mol. The van der Waals surface area contributed by atoms with Crippen LogP contribution in [-0.4, -0.2) is 13.2 Å². The van der Waals surface area contributed by atoms with E-state index in [-0.39, 0.29) is 6.04 Å². The van der Waals surface area contributed by atoms with Crippen molar-refractivity contribution in [2.24, 2.45) is 5.73 Å². The van der Waals surface area contributed by atoms with Gasteiger partial charge in [0.05, 0.1) is 7.11 Å². The SMILES string of the molecule is CCc1ccc(Oc2ccccc2CC(C)N)c(OC)c1. The molecule has 0 aliphatic rings. The zero-order valence-electron chi connectivity index (χ0n) is 12.9. The van der Waals surface area contributed by atoms with E-state index in [0.717, 1.165) is 35.7 Å². The van der Waals surface area contributed by atoms with E-state index in [9.17, 15) is 0 Å². The molecule has 0 aliphatic carbocycles. The smallest absolute Gasteiger partial charge is 0.169 e. The molecule has 1 atom stereocenters. The molecular formula is C18H23NO2. The van der Waals surface area contributed by atoms with Crippen LogP contribution in [0.4, 0.5) is 0 Å². The lowest BCUT2D eigenvalue weighted by atomic mass is 10.1. The first-order valence-electron chi connectivity index (χ1n) is 7.32. The number of ether oxygens (including phenoxy) is 2. The second-order valence-corrected chi connectivity index (χ2v) is 5.23. The summed E-state index contributed by atoms with van der Waals surface area (Å²) in [6.45, 7) is 4.11. The van der Waals surface area contributed by atoms with E-state index in [1.165, 1.54) is 5.56 Å². The van der Waals surface area contributed by atoms with E-state index in [1.54, 1.807) is 7.11 Å². The van der Waals surface area contributed by atoms with Crippen LogP contribution in [0.5, 0.6) is 17.2 Å². The Balaban J connectivity index is 2.30. The number of rotatable bonds is 6. The number of para-hydroxylation sites is 1. The minimum absolute atomic E-state index is 0.0964. The van der Waals surface area contributed by atoms with Gasteiger partial charge in [-0.05, 0) is 49.1 Å². The van der Waals surface area contributed by atoms with Crippen molar-refractivity contribution in [2.75, 3.05) is 7.11 Å². The van der Waals surface area contributed by atoms with Crippen LogP contribution in [0.3, 0.4) is 0 Å². The highest BCUT2D eigenvalue weighted by Crippen LogP contribution is 2.34. The Hall–Kier alpha value is -2.00. The molecule has 0 radical (unpaired) electrons. The molecule has 3 heteroatoms. The summed E-state index contributed by atoms with van der Waals surface area (Å²) in [6, 6.07) is 14.1. The van der Waals surface area contributed by atoms with Gasteiger partial charge in [0.15, 0.2) is 11.5 Å². The summed E-state index contributed by atoms with van der Waals surface area (Å²) in [5.74, 6) is 2.31. The van der Waals surface area contributed by atoms with Crippen molar-refractivity contribution < 1.29 is 9.47 Å². The van der Waals surface area contributed by atoms with Crippen LogP contribution >= 0.6 is 0 Å². The Kier molecular flexibility index (Phi) is 5.23. The molecular weight excluding hydrogens is 262 g/mol. The van der Waals surface area contributed by atoms with Crippen LogP contribution in [0, 0.1) is 0 Å². The van der Waals surface area contributed by atoms with Crippen molar-refractivity contribution >= 4 is 0 Å². The predicted octanol–water partition coefficient (Wildman–Crippen LogP) is 3.94. The quantitative estimate of drug-likeness (QED) is 0.874. The summed E-state index contributed by atoms with van der Waals surface area (Å²) in [5.41, 5.74) is 8.23. The third kappa shape index (κ3) is 3.99. The molecule has 2 aromatic carbocycles. The molecule has 0 bridgehead atoms. The summed E-state index contributed by atoms with van der Waals surface area (Å²) >= 11 is 0. The summed E-state index contributed by atoms with van der Waals surface area (Å²) in [5, 5.41) is 0. The van der Waals surface area contributed by atoms with Crippen LogP contribution in [-0.2, 0) is 12.8 Å². The molecule has 0 spiro atoms. The molecule has 1 unspecified atom stereocenters. The molecule has 2 N–H and O–H groups in total. The van der Waals surface area contributed by atoms with Crippen molar-refractivity contribution in [1.29, 1.82) is 0 Å². The van der Waals surface area contributed by atoms with Gasteiger partial charge >= 0.3 is 0 Å². The first-order valence-corrected chi connectivity index (χ1v) is 7.32. The van der Waals surface area contributed by atoms with Crippen LogP contribution < -0.4 is 15.2 Å². The molecule has 2 aromatic rings. The third-order valence-electron chi connectivity index (χ3n) is 3.37. The van der Waals surface area contributed by atoms with Gasteiger partial charge in [0.2, 0.25) is 0 Å². The highest BCUT2D eigenvalue weighted by molar-refractivity contribution is 5.47. The fraction of sp³-hybridized carbons (Fsp3) is 0.333. The molecule has 0 amide bonds. The number of methoxy groups -OCH3 is 1. The Bertz CT molecular complexity index is 594. The molecule has 0 saturated heterocycles. The van der Waals surface area contributed by atoms with E-state index in [2.05, 4.69) is 13.0 Å². The Morgan fingerprint density at radius 2 is 1.81 bits per heavy atom. The maximum absolute atomic E-state index is 6.05. The summed E-state index contributed by atoms with van der Waals surface area (Å²) in [7, 11) is 1.66. The van der Waals surface area contributed by atoms with Gasteiger partial charge in [-0.2, -0.15) is 0 Å². The van der Waals surface area contributed by atoms with Gasteiger partial charge < -0.3 is 15.2 Å². The molecule has 21 heavy (non-hydrogen) atoms. The van der Waals surface area contributed by atoms with Gasteiger partial charge in [0.25, 0.3) is 0 Å². The van der Waals surface area contributed by atoms with E-state index in [1.807, 2.05) is 43.3 Å². The van der Waals surface area contributed by atoms with Crippen molar-refractivity contribution in [3.63, 3.8) is 0 Å². The predicted molar refractivity (Wildman–Crippen MR) is 86.2 cm³/mol. The van der Waals surface area contributed by atoms with Gasteiger partial charge in [0.1, 0.15) is 5.75 Å². The standard InChI is InChI=1S/C18H23NO2/c1-4-14-9-10-17(18(12-14)20-3)21-16-8-6-5-7-15(16)11-13(2)19/h5-10,12-13H,4,11,19H2,1-3H3. The van der Waals surface area contributed by atoms with Gasteiger partial charge in [-0.1, -0.05) is 31.2 Å². The highest BCUT2D eigenvalue weighted by Gasteiger charge is 2.10. The fourth-order valence-corrected chi connectivity index (χ4v) is 2.25. The zero-order valence-corrected chi connectivity index (χ0v) is 12.9. The summed E-state index contributed by atoms with van der Waals surface area (Å²) < 4.78 is 11.5. The molecule has 2 rings (SSSR count). The van der Waals surface area contributed by atoms with Crippen LogP contribution in [0.25, 0.3) is 0 Å². The average molecular weight is 285 g/mol. The lowest BCUT2D eigenvalue weighted by Crippen LogP contribution is -2.18. The molecule has 0 heterocycles. The molecule has 0 fully saturated rings. The zero-order chi connectivity index (χ0) is 15.2. The van der Waals surface area contributed by atoms with E-state index < -0.39 is 0 Å². The number of hydrogen-bond acceptors (Lipinski definition) is 3. The number of nitrogens with two attached hydrogens (primary N) is 1. The van der Waals surface area contributed by atoms with Crippen LogP contribution in [0.1, 0.15) is 25.0 Å². The van der Waals surface area contributed by atoms with Crippen molar-refractivity contribution in [3.8, 4) is 17.2 Å². The first-order chi connectivity index (χ1) is 10.1. The normalized spacial score (nSPS) is 12.0. The highest BCUT2D eigenvalue weighted by atomic mass is 16.5. The third-order valence-corrected chi connectivity index (χ3v) is 3.37. The van der Waals surface area contributed by atoms with E-state index in [4.69, 9.17) is 15.2 Å². The Morgan fingerprint density at radius 1 is 1.05 bits per heavy atom. The molecule has 112 valence electrons. The minimum Gasteiger partial charge on any atom is -0.493 e. The number of aryl methyl sites for hydroxylation is 1. The maximum atomic E-state index is 6.05. The summed E-state index contributed by atoms with van der Waals surface area (Å²) in [6.07, 6.45) is 1.75. The molecule has 0 saturated carbocycles. The lowest BCUT2D eigenvalue weighted by molar-refractivity contribution is 0.377. The fourth-order valence-electron chi connectivity index (χ4n) is 2.25. The van der Waals surface area contributed by atoms with Gasteiger partial charge in [-0.15, -0.1) is 0 Å². The van der Waals surface area contributed by atoms with Gasteiger partial charge in [0, 0.05) is 6.04 Å². The van der Waals surface area contributed by atoms with Crippen molar-refractivity contribution in [3.05, 3.63) is 53.6 Å². The van der Waals surface area contributed by atoms with E-state index >= 15 is 0 Å². The number of benzene rings is 2. The van der Waals surface area contributed by atoms with Crippen LogP contribution in [0.15, 0.2) is 42.5 Å². The van der Waals surface area contributed by atoms with E-state index in [0.29, 0.717) is 0 Å². The van der Waals surface area contributed by atoms with Gasteiger partial charge in [-0.25, -0.2) is 0 Å². The molecule has 0 aliphatic heterocycles. The Labute approximate surface area is 126 Å². The van der Waals surface area contributed by atoms with Crippen LogP contribution in [0.2, 0.25) is 0 Å². The number of hydrogen-bond donors (Lipinski definition) is 1. The lowest BCUT2D eigenvalue weighted by Gasteiger charge is -2.15. The first kappa shape index (κ1) is 15.4. The second-order valence-electron chi connectivity index (χ2n) is 5.23. The van der Waals surface area contributed by atoms with Crippen molar-refractivity contribution in [2.45, 2.75) is 32.7 Å². The average Bonchev–Trinajstić information content (AvgIpc) is 2.49. The largest absolute Gasteiger partial charge is 0.493 e. The van der Waals surface area contributed by atoms with Gasteiger partial charge in [-0.3, -0.25) is 0 Å². The summed E-state index contributed by atoms with van der Waals surface area (Å²) in [4.78, 5) is 0. The topological polar surface area (TPSA) is 44.5 Å². The maximum Gasteiger partial charge on any atom is 0.169 e. The van der Waals surface area contributed by atoms with Crippen molar-refractivity contribution in [1.82, 2.24) is 0 Å². The molecule has 0 aromatic heterocycles. The minimum atomic E-state index is 0.0964.